The zero-order valence-electron chi connectivity index (χ0n) is 8.79. The van der Waals surface area contributed by atoms with Gasteiger partial charge >= 0.3 is 0 Å². The summed E-state index contributed by atoms with van der Waals surface area (Å²) in [5, 5.41) is 0. The van der Waals surface area contributed by atoms with E-state index in [4.69, 9.17) is 4.74 Å². The molecule has 80 valence electrons. The predicted molar refractivity (Wildman–Crippen MR) is 63.8 cm³/mol. The van der Waals surface area contributed by atoms with Gasteiger partial charge in [0, 0.05) is 31.1 Å². The Labute approximate surface area is 93.8 Å². The molecule has 0 aromatic rings. The highest BCUT2D eigenvalue weighted by Crippen LogP contribution is 2.10. The number of aliphatic imine (C=N–C) groups is 2. The third-order valence-corrected chi connectivity index (χ3v) is 2.59. The van der Waals surface area contributed by atoms with Gasteiger partial charge in [0.15, 0.2) is 0 Å². The first-order valence-corrected chi connectivity index (χ1v) is 5.78. The molecule has 0 atom stereocenters. The lowest BCUT2D eigenvalue weighted by molar-refractivity contribution is -0.0265. The molecule has 0 aromatic carbocycles. The molecule has 0 spiro atoms. The van der Waals surface area contributed by atoms with Crippen molar-refractivity contribution in [3.63, 3.8) is 0 Å². The Kier molecular flexibility index (Phi) is 5.33. The largest absolute Gasteiger partial charge is 0.381 e. The Bertz CT molecular complexity index is 234. The van der Waals surface area contributed by atoms with Gasteiger partial charge in [0.1, 0.15) is 0 Å². The van der Waals surface area contributed by atoms with E-state index in [2.05, 4.69) is 25.9 Å². The van der Waals surface area contributed by atoms with Crippen LogP contribution in [0, 0.1) is 5.92 Å². The van der Waals surface area contributed by atoms with Gasteiger partial charge in [-0.25, -0.2) is 0 Å². The van der Waals surface area contributed by atoms with E-state index in [0.29, 0.717) is 5.92 Å². The maximum Gasteiger partial charge on any atom is 0.0829 e. The minimum Gasteiger partial charge on any atom is -0.381 e. The second-order valence-corrected chi connectivity index (χ2v) is 4.42. The van der Waals surface area contributed by atoms with Crippen LogP contribution in [0.25, 0.3) is 0 Å². The van der Waals surface area contributed by atoms with Gasteiger partial charge in [0.05, 0.1) is 17.8 Å². The highest BCUT2D eigenvalue weighted by atomic mass is 79.9. The molecule has 0 bridgehead atoms. The predicted octanol–water partition coefficient (Wildman–Crippen LogP) is 2.30. The highest BCUT2D eigenvalue weighted by molar-refractivity contribution is 9.18. The maximum absolute atomic E-state index is 5.08. The van der Waals surface area contributed by atoms with Gasteiger partial charge in [-0.1, -0.05) is 0 Å². The van der Waals surface area contributed by atoms with Gasteiger partial charge in [-0.3, -0.25) is 9.98 Å². The maximum atomic E-state index is 5.08. The summed E-state index contributed by atoms with van der Waals surface area (Å²) in [5.74, 6) is 0.645. The summed E-state index contributed by atoms with van der Waals surface area (Å²) in [6, 6.07) is 0. The number of halogens is 1. The van der Waals surface area contributed by atoms with Crippen LogP contribution in [0.2, 0.25) is 0 Å². The SMILES string of the molecule is CCN=C(Br)CC(C)=NCC1COC1. The van der Waals surface area contributed by atoms with Crippen LogP contribution in [0.5, 0.6) is 0 Å². The third-order valence-electron chi connectivity index (χ3n) is 2.06. The van der Waals surface area contributed by atoms with Crippen LogP contribution >= 0.6 is 15.9 Å². The van der Waals surface area contributed by atoms with Crippen LogP contribution in [0.1, 0.15) is 20.3 Å². The molecule has 0 N–H and O–H groups in total. The van der Waals surface area contributed by atoms with E-state index in [9.17, 15) is 0 Å². The molecule has 3 nitrogen and oxygen atoms in total. The van der Waals surface area contributed by atoms with Crippen LogP contribution in [0.3, 0.4) is 0 Å². The molecule has 4 heteroatoms. The van der Waals surface area contributed by atoms with Crippen molar-refractivity contribution in [2.24, 2.45) is 15.9 Å². The first-order valence-electron chi connectivity index (χ1n) is 4.98. The summed E-state index contributed by atoms with van der Waals surface area (Å²) < 4.78 is 6.08. The molecule has 0 aromatic heterocycles. The van der Waals surface area contributed by atoms with Crippen LogP contribution in [-0.4, -0.2) is 36.6 Å². The molecule has 1 aliphatic rings. The van der Waals surface area contributed by atoms with Gasteiger partial charge < -0.3 is 4.74 Å². The first kappa shape index (κ1) is 11.9. The van der Waals surface area contributed by atoms with Crippen LogP contribution in [0.4, 0.5) is 0 Å². The third kappa shape index (κ3) is 4.33. The number of hydrogen-bond acceptors (Lipinski definition) is 3. The van der Waals surface area contributed by atoms with Crippen molar-refractivity contribution in [1.82, 2.24) is 0 Å². The topological polar surface area (TPSA) is 34.0 Å². The summed E-state index contributed by atoms with van der Waals surface area (Å²) >= 11 is 3.42. The summed E-state index contributed by atoms with van der Waals surface area (Å²) in [4.78, 5) is 8.75. The average molecular weight is 261 g/mol. The van der Waals surface area contributed by atoms with E-state index >= 15 is 0 Å². The molecule has 0 amide bonds. The molecule has 1 aliphatic heterocycles. The second-order valence-electron chi connectivity index (χ2n) is 3.51. The lowest BCUT2D eigenvalue weighted by atomic mass is 10.1. The minimum atomic E-state index is 0.645. The quantitative estimate of drug-likeness (QED) is 0.699. The fraction of sp³-hybridized carbons (Fsp3) is 0.800. The average Bonchev–Trinajstić information content (AvgIpc) is 2.01. The molecule has 0 unspecified atom stereocenters. The van der Waals surface area contributed by atoms with E-state index in [-0.39, 0.29) is 0 Å². The molecular formula is C10H17BrN2O. The number of hydrogen-bond donors (Lipinski definition) is 0. The molecule has 1 saturated heterocycles. The Balaban J connectivity index is 2.24. The lowest BCUT2D eigenvalue weighted by Gasteiger charge is -2.24. The van der Waals surface area contributed by atoms with Gasteiger partial charge in [-0.2, -0.15) is 0 Å². The van der Waals surface area contributed by atoms with Gasteiger partial charge in [0.25, 0.3) is 0 Å². The van der Waals surface area contributed by atoms with Crippen molar-refractivity contribution >= 4 is 26.3 Å². The lowest BCUT2D eigenvalue weighted by Crippen LogP contribution is -2.30. The van der Waals surface area contributed by atoms with E-state index in [1.54, 1.807) is 0 Å². The van der Waals surface area contributed by atoms with Crippen LogP contribution < -0.4 is 0 Å². The molecular weight excluding hydrogens is 244 g/mol. The monoisotopic (exact) mass is 260 g/mol. The normalized spacial score (nSPS) is 19.6. The Morgan fingerprint density at radius 1 is 1.43 bits per heavy atom. The molecule has 0 aliphatic carbocycles. The Hall–Kier alpha value is -0.220. The summed E-state index contributed by atoms with van der Waals surface area (Å²) in [5.41, 5.74) is 1.14. The summed E-state index contributed by atoms with van der Waals surface area (Å²) in [6.45, 7) is 7.55. The fourth-order valence-electron chi connectivity index (χ4n) is 1.17. The number of nitrogens with zero attached hydrogens (tertiary/aromatic N) is 2. The molecule has 1 rings (SSSR count). The molecule has 1 heterocycles. The fourth-order valence-corrected chi connectivity index (χ4v) is 1.83. The number of rotatable bonds is 5. The van der Waals surface area contributed by atoms with Crippen molar-refractivity contribution in [2.75, 3.05) is 26.3 Å². The van der Waals surface area contributed by atoms with E-state index in [1.165, 1.54) is 0 Å². The first-order chi connectivity index (χ1) is 6.72. The molecule has 0 radical (unpaired) electrons. The summed E-state index contributed by atoms with van der Waals surface area (Å²) in [6.07, 6.45) is 0.835. The van der Waals surface area contributed by atoms with Gasteiger partial charge in [0.2, 0.25) is 0 Å². The molecule has 14 heavy (non-hydrogen) atoms. The van der Waals surface area contributed by atoms with E-state index in [1.807, 2.05) is 13.8 Å². The van der Waals surface area contributed by atoms with E-state index < -0.39 is 0 Å². The van der Waals surface area contributed by atoms with Crippen LogP contribution in [0.15, 0.2) is 9.98 Å². The van der Waals surface area contributed by atoms with Gasteiger partial charge in [-0.15, -0.1) is 0 Å². The molecule has 0 saturated carbocycles. The molecule has 1 fully saturated rings. The zero-order chi connectivity index (χ0) is 10.4. The van der Waals surface area contributed by atoms with Crippen molar-refractivity contribution in [3.8, 4) is 0 Å². The Morgan fingerprint density at radius 3 is 2.64 bits per heavy atom. The van der Waals surface area contributed by atoms with Crippen molar-refractivity contribution < 1.29 is 4.74 Å². The smallest absolute Gasteiger partial charge is 0.0829 e. The highest BCUT2D eigenvalue weighted by Gasteiger charge is 2.17. The van der Waals surface area contributed by atoms with E-state index in [0.717, 1.165) is 43.1 Å². The number of ether oxygens (including phenoxy) is 1. The van der Waals surface area contributed by atoms with Crippen molar-refractivity contribution in [2.45, 2.75) is 20.3 Å². The minimum absolute atomic E-state index is 0.645. The zero-order valence-corrected chi connectivity index (χ0v) is 10.4. The van der Waals surface area contributed by atoms with Crippen molar-refractivity contribution in [1.29, 1.82) is 0 Å². The second kappa shape index (κ2) is 6.30. The van der Waals surface area contributed by atoms with Gasteiger partial charge in [-0.05, 0) is 29.8 Å². The standard InChI is InChI=1S/C10H17BrN2O/c1-3-12-10(11)4-8(2)13-5-9-6-14-7-9/h9H,3-7H2,1-2H3. The van der Waals surface area contributed by atoms with Crippen molar-refractivity contribution in [3.05, 3.63) is 0 Å². The summed E-state index contributed by atoms with van der Waals surface area (Å²) in [7, 11) is 0. The van der Waals surface area contributed by atoms with Crippen LogP contribution in [-0.2, 0) is 4.74 Å². The Morgan fingerprint density at radius 2 is 2.14 bits per heavy atom.